The molecular formula is C18H21FN6S. The number of halogens is 1. The van der Waals surface area contributed by atoms with Gasteiger partial charge < -0.3 is 10.6 Å². The molecule has 26 heavy (non-hydrogen) atoms. The maximum absolute atomic E-state index is 13.1. The highest BCUT2D eigenvalue weighted by Gasteiger charge is 2.13. The van der Waals surface area contributed by atoms with E-state index in [4.69, 9.17) is 12.2 Å². The second-order valence-electron chi connectivity index (χ2n) is 6.08. The number of nitrogens with zero attached hydrogens (tertiary/aromatic N) is 4. The minimum atomic E-state index is -0.241. The Morgan fingerprint density at radius 1 is 1.19 bits per heavy atom. The average Bonchev–Trinajstić information content (AvgIpc) is 3.13. The van der Waals surface area contributed by atoms with Crippen LogP contribution < -0.4 is 10.6 Å². The fourth-order valence-corrected chi connectivity index (χ4v) is 2.87. The van der Waals surface area contributed by atoms with Crippen LogP contribution >= 0.6 is 12.2 Å². The maximum Gasteiger partial charge on any atom is 0.171 e. The Balaban J connectivity index is 1.66. The number of aromatic nitrogens is 4. The summed E-state index contributed by atoms with van der Waals surface area (Å²) in [6.45, 7) is 5.07. The van der Waals surface area contributed by atoms with Crippen molar-refractivity contribution in [2.75, 3.05) is 5.32 Å². The Morgan fingerprint density at radius 3 is 2.58 bits per heavy atom. The fourth-order valence-electron chi connectivity index (χ4n) is 2.70. The van der Waals surface area contributed by atoms with Crippen LogP contribution in [0.5, 0.6) is 0 Å². The summed E-state index contributed by atoms with van der Waals surface area (Å²) >= 11 is 5.39. The summed E-state index contributed by atoms with van der Waals surface area (Å²) < 4.78 is 16.7. The molecular weight excluding hydrogens is 351 g/mol. The monoisotopic (exact) mass is 372 g/mol. The summed E-state index contributed by atoms with van der Waals surface area (Å²) in [5, 5.41) is 15.6. The molecule has 2 aromatic heterocycles. The number of hydrogen-bond acceptors (Lipinski definition) is 3. The number of rotatable bonds is 5. The summed E-state index contributed by atoms with van der Waals surface area (Å²) in [6, 6.07) is 8.38. The lowest BCUT2D eigenvalue weighted by Crippen LogP contribution is -2.29. The highest BCUT2D eigenvalue weighted by molar-refractivity contribution is 7.80. The van der Waals surface area contributed by atoms with Crippen LogP contribution in [0.25, 0.3) is 0 Å². The molecule has 0 aliphatic rings. The van der Waals surface area contributed by atoms with E-state index in [0.29, 0.717) is 18.2 Å². The summed E-state index contributed by atoms with van der Waals surface area (Å²) in [5.41, 5.74) is 4.73. The Bertz CT molecular complexity index is 912. The van der Waals surface area contributed by atoms with Gasteiger partial charge in [-0.05, 0) is 49.8 Å². The van der Waals surface area contributed by atoms with E-state index in [1.807, 2.05) is 31.6 Å². The summed E-state index contributed by atoms with van der Waals surface area (Å²) in [5.74, 6) is -0.241. The van der Waals surface area contributed by atoms with Gasteiger partial charge in [0.05, 0.1) is 35.9 Å². The molecule has 0 unspecified atom stereocenters. The number of benzene rings is 1. The molecule has 8 heteroatoms. The molecule has 0 aliphatic heterocycles. The van der Waals surface area contributed by atoms with Crippen LogP contribution in [-0.2, 0) is 20.1 Å². The molecule has 2 heterocycles. The van der Waals surface area contributed by atoms with Crippen LogP contribution in [0.2, 0.25) is 0 Å². The molecule has 3 aromatic rings. The van der Waals surface area contributed by atoms with E-state index in [9.17, 15) is 4.39 Å². The first-order valence-corrected chi connectivity index (χ1v) is 8.65. The van der Waals surface area contributed by atoms with Gasteiger partial charge in [0, 0.05) is 13.2 Å². The van der Waals surface area contributed by atoms with Crippen molar-refractivity contribution in [2.45, 2.75) is 26.9 Å². The van der Waals surface area contributed by atoms with Crippen molar-refractivity contribution in [3.8, 4) is 0 Å². The van der Waals surface area contributed by atoms with E-state index in [1.54, 1.807) is 23.0 Å². The molecule has 0 radical (unpaired) electrons. The maximum atomic E-state index is 13.1. The second kappa shape index (κ2) is 7.65. The molecule has 3 rings (SSSR count). The average molecular weight is 372 g/mol. The number of aryl methyl sites for hydroxylation is 2. The third kappa shape index (κ3) is 4.08. The molecule has 0 saturated carbocycles. The fraction of sp³-hybridized carbons (Fsp3) is 0.278. The molecule has 1 aromatic carbocycles. The number of anilines is 1. The Hall–Kier alpha value is -2.74. The van der Waals surface area contributed by atoms with E-state index in [-0.39, 0.29) is 5.82 Å². The summed E-state index contributed by atoms with van der Waals surface area (Å²) in [6.07, 6.45) is 1.75. The first kappa shape index (κ1) is 18.1. The van der Waals surface area contributed by atoms with Gasteiger partial charge in [0.15, 0.2) is 5.11 Å². The lowest BCUT2D eigenvalue weighted by Gasteiger charge is -2.11. The number of hydrogen-bond donors (Lipinski definition) is 2. The second-order valence-corrected chi connectivity index (χ2v) is 6.49. The molecule has 0 bridgehead atoms. The van der Waals surface area contributed by atoms with Gasteiger partial charge >= 0.3 is 0 Å². The zero-order chi connectivity index (χ0) is 18.7. The van der Waals surface area contributed by atoms with Crippen molar-refractivity contribution < 1.29 is 4.39 Å². The largest absolute Gasteiger partial charge is 0.357 e. The van der Waals surface area contributed by atoms with Gasteiger partial charge in [-0.15, -0.1) is 0 Å². The molecule has 136 valence electrons. The van der Waals surface area contributed by atoms with Crippen molar-refractivity contribution >= 4 is 23.0 Å². The lowest BCUT2D eigenvalue weighted by atomic mass is 10.2. The Labute approximate surface area is 157 Å². The molecule has 0 atom stereocenters. The zero-order valence-corrected chi connectivity index (χ0v) is 15.8. The zero-order valence-electron chi connectivity index (χ0n) is 15.0. The van der Waals surface area contributed by atoms with Crippen molar-refractivity contribution in [2.24, 2.45) is 7.05 Å². The van der Waals surface area contributed by atoms with E-state index in [2.05, 4.69) is 20.8 Å². The van der Waals surface area contributed by atoms with Crippen molar-refractivity contribution in [3.63, 3.8) is 0 Å². The smallest absolute Gasteiger partial charge is 0.171 e. The molecule has 0 saturated heterocycles. The van der Waals surface area contributed by atoms with E-state index in [1.165, 1.54) is 12.1 Å². The van der Waals surface area contributed by atoms with Crippen molar-refractivity contribution in [1.82, 2.24) is 24.9 Å². The van der Waals surface area contributed by atoms with Gasteiger partial charge in [0.1, 0.15) is 5.82 Å². The molecule has 6 nitrogen and oxygen atoms in total. The first-order valence-electron chi connectivity index (χ1n) is 8.24. The standard InChI is InChI=1S/C18H21FN6S/c1-12-17(22-18(26)20-10-16-8-9-21-24(16)3)13(2)25(23-12)11-14-4-6-15(19)7-5-14/h4-9H,10-11H2,1-3H3,(H2,20,22,26). The number of nitrogens with one attached hydrogen (secondary N) is 2. The Kier molecular flexibility index (Phi) is 5.32. The molecule has 0 aliphatic carbocycles. The summed E-state index contributed by atoms with van der Waals surface area (Å²) in [4.78, 5) is 0. The van der Waals surface area contributed by atoms with Crippen LogP contribution in [0, 0.1) is 19.7 Å². The van der Waals surface area contributed by atoms with Gasteiger partial charge in [-0.1, -0.05) is 12.1 Å². The van der Waals surface area contributed by atoms with Crippen LogP contribution in [0.1, 0.15) is 22.6 Å². The SMILES string of the molecule is Cc1nn(Cc2ccc(F)cc2)c(C)c1NC(=S)NCc1ccnn1C. The van der Waals surface area contributed by atoms with E-state index >= 15 is 0 Å². The highest BCUT2D eigenvalue weighted by Crippen LogP contribution is 2.20. The van der Waals surface area contributed by atoms with Crippen LogP contribution in [0.4, 0.5) is 10.1 Å². The van der Waals surface area contributed by atoms with Gasteiger partial charge in [0.25, 0.3) is 0 Å². The highest BCUT2D eigenvalue weighted by atomic mass is 32.1. The van der Waals surface area contributed by atoms with Gasteiger partial charge in [-0.25, -0.2) is 4.39 Å². The quantitative estimate of drug-likeness (QED) is 0.675. The normalized spacial score (nSPS) is 10.8. The third-order valence-corrected chi connectivity index (χ3v) is 4.46. The van der Waals surface area contributed by atoms with Crippen LogP contribution in [0.3, 0.4) is 0 Å². The van der Waals surface area contributed by atoms with Gasteiger partial charge in [0.2, 0.25) is 0 Å². The minimum absolute atomic E-state index is 0.241. The first-order chi connectivity index (χ1) is 12.4. The van der Waals surface area contributed by atoms with E-state index in [0.717, 1.165) is 28.3 Å². The van der Waals surface area contributed by atoms with Crippen LogP contribution in [-0.4, -0.2) is 24.7 Å². The predicted octanol–water partition coefficient (Wildman–Crippen LogP) is 2.91. The predicted molar refractivity (Wildman–Crippen MR) is 103 cm³/mol. The molecule has 0 amide bonds. The lowest BCUT2D eigenvalue weighted by molar-refractivity contribution is 0.622. The van der Waals surface area contributed by atoms with Crippen LogP contribution in [0.15, 0.2) is 36.5 Å². The van der Waals surface area contributed by atoms with Crippen molar-refractivity contribution in [1.29, 1.82) is 0 Å². The van der Waals surface area contributed by atoms with Gasteiger partial charge in [-0.2, -0.15) is 10.2 Å². The molecule has 2 N–H and O–H groups in total. The topological polar surface area (TPSA) is 59.7 Å². The van der Waals surface area contributed by atoms with Crippen molar-refractivity contribution in [3.05, 3.63) is 65.0 Å². The number of thiocarbonyl (C=S) groups is 1. The summed E-state index contributed by atoms with van der Waals surface area (Å²) in [7, 11) is 1.89. The molecule has 0 spiro atoms. The van der Waals surface area contributed by atoms with Gasteiger partial charge in [-0.3, -0.25) is 9.36 Å². The molecule has 0 fully saturated rings. The Morgan fingerprint density at radius 2 is 1.92 bits per heavy atom. The third-order valence-electron chi connectivity index (χ3n) is 4.22. The van der Waals surface area contributed by atoms with E-state index < -0.39 is 0 Å². The minimum Gasteiger partial charge on any atom is -0.357 e.